The van der Waals surface area contributed by atoms with E-state index in [1.54, 1.807) is 17.7 Å². The average molecular weight is 545 g/mol. The average Bonchev–Trinajstić information content (AvgIpc) is 3.33. The number of aryl methyl sites for hydroxylation is 2. The molecule has 11 heteroatoms. The molecule has 0 aliphatic carbocycles. The van der Waals surface area contributed by atoms with Gasteiger partial charge in [-0.15, -0.1) is 0 Å². The summed E-state index contributed by atoms with van der Waals surface area (Å²) in [7, 11) is 0. The predicted octanol–water partition coefficient (Wildman–Crippen LogP) is 6.02. The Labute approximate surface area is 226 Å². The zero-order valence-electron chi connectivity index (χ0n) is 21.1. The maximum Gasteiger partial charge on any atom is 0.243 e. The minimum Gasteiger partial charge on any atom is -0.370 e. The summed E-state index contributed by atoms with van der Waals surface area (Å²) in [5, 5.41) is 16.2. The molecule has 1 aromatic carbocycles. The molecule has 0 unspecified atom stereocenters. The summed E-state index contributed by atoms with van der Waals surface area (Å²) in [6.45, 7) is 4.57. The number of nitrogens with one attached hydrogen (secondary N) is 3. The fraction of sp³-hybridized carbons (Fsp3) is 0.423. The molecule has 2 heterocycles. The highest BCUT2D eigenvalue weighted by Crippen LogP contribution is 2.26. The fourth-order valence-electron chi connectivity index (χ4n) is 3.82. The summed E-state index contributed by atoms with van der Waals surface area (Å²) in [5.41, 5.74) is 3.48. The number of carbonyl (C=O) groups excluding carboxylic acids is 2. The maximum absolute atomic E-state index is 12.8. The molecule has 0 aliphatic heterocycles. The van der Waals surface area contributed by atoms with E-state index in [0.29, 0.717) is 33.1 Å². The number of hydrogen-bond donors (Lipinski definition) is 4. The predicted molar refractivity (Wildman–Crippen MR) is 147 cm³/mol. The molecule has 4 N–H and O–H groups in total. The first-order chi connectivity index (χ1) is 17.9. The quantitative estimate of drug-likeness (QED) is 0.0790. The molecule has 3 rings (SSSR count). The topological polar surface area (TPSA) is 129 Å². The molecule has 0 atom stereocenters. The number of Topliss-reactive ketones (excluding diaryl/α,β-unsaturated/α-hetero) is 1. The molecule has 3 aromatic rings. The lowest BCUT2D eigenvalue weighted by Gasteiger charge is -2.09. The normalized spacial score (nSPS) is 10.8. The fourth-order valence-corrected chi connectivity index (χ4v) is 4.87. The Morgan fingerprint density at radius 1 is 1.03 bits per heavy atom. The SMILES string of the molecule is Cc1nc(NCCCCCCCCC(=O)NO)cc(Nc2ncc(C(=O)Cc3c(C)cccc3Cl)s2)n1. The highest BCUT2D eigenvalue weighted by molar-refractivity contribution is 7.17. The van der Waals surface area contributed by atoms with E-state index < -0.39 is 0 Å². The third-order valence-corrected chi connectivity index (χ3v) is 7.11. The van der Waals surface area contributed by atoms with E-state index in [4.69, 9.17) is 16.8 Å². The number of nitrogens with zero attached hydrogens (tertiary/aromatic N) is 3. The first-order valence-electron chi connectivity index (χ1n) is 12.4. The van der Waals surface area contributed by atoms with Gasteiger partial charge in [0.15, 0.2) is 10.9 Å². The molecule has 37 heavy (non-hydrogen) atoms. The molecular weight excluding hydrogens is 512 g/mol. The summed E-state index contributed by atoms with van der Waals surface area (Å²) in [4.78, 5) is 37.6. The Hall–Kier alpha value is -3.08. The molecule has 0 radical (unpaired) electrons. The van der Waals surface area contributed by atoms with Crippen molar-refractivity contribution in [2.75, 3.05) is 17.2 Å². The van der Waals surface area contributed by atoms with Crippen LogP contribution in [0, 0.1) is 13.8 Å². The molecular formula is C26H33ClN6O3S. The van der Waals surface area contributed by atoms with Crippen molar-refractivity contribution in [3.63, 3.8) is 0 Å². The van der Waals surface area contributed by atoms with Gasteiger partial charge in [0.2, 0.25) is 5.91 Å². The highest BCUT2D eigenvalue weighted by Gasteiger charge is 2.15. The van der Waals surface area contributed by atoms with Crippen LogP contribution in [0.15, 0.2) is 30.5 Å². The number of thiazole rings is 1. The van der Waals surface area contributed by atoms with Gasteiger partial charge in [-0.1, -0.05) is 60.8 Å². The van der Waals surface area contributed by atoms with Crippen LogP contribution < -0.4 is 16.1 Å². The maximum atomic E-state index is 12.8. The second-order valence-electron chi connectivity index (χ2n) is 8.81. The van der Waals surface area contributed by atoms with Crippen molar-refractivity contribution in [1.82, 2.24) is 20.4 Å². The number of hydrogen-bond acceptors (Lipinski definition) is 9. The number of halogens is 1. The van der Waals surface area contributed by atoms with Gasteiger partial charge in [0.1, 0.15) is 17.5 Å². The van der Waals surface area contributed by atoms with E-state index >= 15 is 0 Å². The van der Waals surface area contributed by atoms with Gasteiger partial charge in [-0.3, -0.25) is 14.8 Å². The molecule has 0 saturated heterocycles. The smallest absolute Gasteiger partial charge is 0.243 e. The van der Waals surface area contributed by atoms with E-state index in [0.717, 1.165) is 62.0 Å². The van der Waals surface area contributed by atoms with E-state index in [1.807, 2.05) is 32.0 Å². The Morgan fingerprint density at radius 3 is 2.51 bits per heavy atom. The van der Waals surface area contributed by atoms with Gasteiger partial charge in [-0.05, 0) is 43.9 Å². The van der Waals surface area contributed by atoms with Gasteiger partial charge in [-0.2, -0.15) is 0 Å². The Balaban J connectivity index is 1.45. The van der Waals surface area contributed by atoms with Crippen molar-refractivity contribution >= 4 is 51.4 Å². The first kappa shape index (κ1) is 28.5. The number of anilines is 3. The lowest BCUT2D eigenvalue weighted by atomic mass is 10.0. The van der Waals surface area contributed by atoms with E-state index in [-0.39, 0.29) is 18.1 Å². The van der Waals surface area contributed by atoms with Crippen LogP contribution in [0.3, 0.4) is 0 Å². The first-order valence-corrected chi connectivity index (χ1v) is 13.6. The number of unbranched alkanes of at least 4 members (excludes halogenated alkanes) is 5. The van der Waals surface area contributed by atoms with Crippen LogP contribution in [0.4, 0.5) is 16.8 Å². The Bertz CT molecular complexity index is 1180. The van der Waals surface area contributed by atoms with Crippen LogP contribution in [-0.4, -0.2) is 38.4 Å². The number of rotatable bonds is 15. The second kappa shape index (κ2) is 14.6. The van der Waals surface area contributed by atoms with E-state index in [1.165, 1.54) is 11.3 Å². The van der Waals surface area contributed by atoms with Gasteiger partial charge in [0.25, 0.3) is 0 Å². The van der Waals surface area contributed by atoms with Gasteiger partial charge in [-0.25, -0.2) is 20.4 Å². The standard InChI is InChI=1S/C26H33ClN6O3S/c1-17-10-9-11-20(27)19(17)14-21(34)22-16-29-26(37-22)32-24-15-23(30-18(2)31-24)28-13-8-6-4-3-5-7-12-25(35)33-36/h9-11,15-16,36H,3-8,12-14H2,1-2H3,(H,33,35)(H2,28,29,30,31,32). The number of amides is 1. The van der Waals surface area contributed by atoms with Crippen molar-refractivity contribution in [2.45, 2.75) is 65.2 Å². The Kier molecular flexibility index (Phi) is 11.2. The van der Waals surface area contributed by atoms with Crippen molar-refractivity contribution < 1.29 is 14.8 Å². The lowest BCUT2D eigenvalue weighted by molar-refractivity contribution is -0.129. The van der Waals surface area contributed by atoms with Gasteiger partial charge in [0.05, 0.1) is 11.1 Å². The van der Waals surface area contributed by atoms with Crippen LogP contribution in [0.25, 0.3) is 0 Å². The number of carbonyl (C=O) groups is 2. The van der Waals surface area contributed by atoms with Crippen molar-refractivity contribution in [3.05, 3.63) is 57.3 Å². The van der Waals surface area contributed by atoms with Crippen molar-refractivity contribution in [2.24, 2.45) is 0 Å². The number of hydroxylamine groups is 1. The Morgan fingerprint density at radius 2 is 1.76 bits per heavy atom. The minimum absolute atomic E-state index is 0.0290. The van der Waals surface area contributed by atoms with E-state index in [9.17, 15) is 9.59 Å². The minimum atomic E-state index is -0.328. The zero-order chi connectivity index (χ0) is 26.6. The number of benzene rings is 1. The van der Waals surface area contributed by atoms with Crippen molar-refractivity contribution in [1.29, 1.82) is 0 Å². The van der Waals surface area contributed by atoms with Gasteiger partial charge >= 0.3 is 0 Å². The largest absolute Gasteiger partial charge is 0.370 e. The molecule has 1 amide bonds. The zero-order valence-corrected chi connectivity index (χ0v) is 22.7. The molecule has 9 nitrogen and oxygen atoms in total. The molecule has 0 spiro atoms. The molecule has 0 aliphatic rings. The summed E-state index contributed by atoms with van der Waals surface area (Å²) >= 11 is 7.56. The monoisotopic (exact) mass is 544 g/mol. The molecule has 2 aromatic heterocycles. The van der Waals surface area contributed by atoms with Crippen LogP contribution in [0.1, 0.15) is 71.6 Å². The van der Waals surface area contributed by atoms with E-state index in [2.05, 4.69) is 25.6 Å². The van der Waals surface area contributed by atoms with Crippen molar-refractivity contribution in [3.8, 4) is 0 Å². The highest BCUT2D eigenvalue weighted by atomic mass is 35.5. The number of aromatic nitrogens is 3. The summed E-state index contributed by atoms with van der Waals surface area (Å²) in [5.74, 6) is 1.61. The van der Waals surface area contributed by atoms with Crippen LogP contribution in [0.5, 0.6) is 0 Å². The molecule has 0 bridgehead atoms. The third-order valence-electron chi connectivity index (χ3n) is 5.81. The summed E-state index contributed by atoms with van der Waals surface area (Å²) in [6, 6.07) is 7.45. The summed E-state index contributed by atoms with van der Waals surface area (Å²) < 4.78 is 0. The van der Waals surface area contributed by atoms with Crippen LogP contribution >= 0.6 is 22.9 Å². The third kappa shape index (κ3) is 9.38. The number of ketones is 1. The summed E-state index contributed by atoms with van der Waals surface area (Å²) in [6.07, 6.45) is 8.19. The molecule has 198 valence electrons. The van der Waals surface area contributed by atoms with Crippen LogP contribution in [0.2, 0.25) is 5.02 Å². The molecule has 0 saturated carbocycles. The molecule has 0 fully saturated rings. The van der Waals surface area contributed by atoms with Gasteiger partial charge in [0, 0.05) is 30.5 Å². The van der Waals surface area contributed by atoms with Gasteiger partial charge < -0.3 is 10.6 Å². The lowest BCUT2D eigenvalue weighted by Crippen LogP contribution is -2.17. The van der Waals surface area contributed by atoms with Crippen LogP contribution in [-0.2, 0) is 11.2 Å². The second-order valence-corrected chi connectivity index (χ2v) is 10.2.